The van der Waals surface area contributed by atoms with Crippen molar-refractivity contribution in [3.05, 3.63) is 41.5 Å². The van der Waals surface area contributed by atoms with E-state index in [1.165, 1.54) is 18.1 Å². The Hall–Kier alpha value is -2.30. The van der Waals surface area contributed by atoms with Gasteiger partial charge in [0.25, 0.3) is 0 Å². The van der Waals surface area contributed by atoms with Gasteiger partial charge in [0.1, 0.15) is 5.60 Å². The second-order valence-electron chi connectivity index (χ2n) is 5.94. The molecule has 1 aromatic rings. The fourth-order valence-electron chi connectivity index (χ4n) is 1.71. The Morgan fingerprint density at radius 3 is 2.55 bits per heavy atom. The Kier molecular flexibility index (Phi) is 6.16. The van der Waals surface area contributed by atoms with Crippen LogP contribution in [-0.4, -0.2) is 36.7 Å². The van der Waals surface area contributed by atoms with Gasteiger partial charge in [0.05, 0.1) is 7.11 Å². The van der Waals surface area contributed by atoms with E-state index >= 15 is 0 Å². The zero-order valence-electron chi connectivity index (χ0n) is 13.8. The molecule has 0 N–H and O–H groups in total. The monoisotopic (exact) mass is 305 g/mol. The van der Waals surface area contributed by atoms with Gasteiger partial charge in [-0.05, 0) is 44.0 Å². The van der Waals surface area contributed by atoms with E-state index in [1.54, 1.807) is 13.1 Å². The summed E-state index contributed by atoms with van der Waals surface area (Å²) in [6.07, 6.45) is 2.66. The minimum atomic E-state index is -0.517. The Bertz CT molecular complexity index is 558. The highest BCUT2D eigenvalue weighted by Crippen LogP contribution is 2.13. The van der Waals surface area contributed by atoms with Crippen molar-refractivity contribution in [2.75, 3.05) is 14.2 Å². The van der Waals surface area contributed by atoms with Gasteiger partial charge in [0.15, 0.2) is 0 Å². The maximum atomic E-state index is 11.9. The molecule has 0 saturated heterocycles. The van der Waals surface area contributed by atoms with Crippen molar-refractivity contribution < 1.29 is 19.1 Å². The molecule has 5 heteroatoms. The topological polar surface area (TPSA) is 55.8 Å². The first-order valence-electron chi connectivity index (χ1n) is 7.00. The van der Waals surface area contributed by atoms with Gasteiger partial charge in [-0.2, -0.15) is 0 Å². The number of esters is 1. The molecule has 0 aliphatic carbocycles. The van der Waals surface area contributed by atoms with Crippen molar-refractivity contribution in [2.24, 2.45) is 0 Å². The predicted molar refractivity (Wildman–Crippen MR) is 85.2 cm³/mol. The van der Waals surface area contributed by atoms with E-state index in [4.69, 9.17) is 4.74 Å². The van der Waals surface area contributed by atoms with Crippen LogP contribution in [0.15, 0.2) is 30.3 Å². The van der Waals surface area contributed by atoms with Crippen LogP contribution in [0.25, 0.3) is 6.08 Å². The van der Waals surface area contributed by atoms with Gasteiger partial charge in [-0.3, -0.25) is 0 Å². The average Bonchev–Trinajstić information content (AvgIpc) is 2.43. The van der Waals surface area contributed by atoms with Gasteiger partial charge < -0.3 is 14.4 Å². The smallest absolute Gasteiger partial charge is 0.410 e. The lowest BCUT2D eigenvalue weighted by Gasteiger charge is -2.24. The van der Waals surface area contributed by atoms with Crippen LogP contribution < -0.4 is 0 Å². The van der Waals surface area contributed by atoms with E-state index in [0.29, 0.717) is 6.54 Å². The van der Waals surface area contributed by atoms with Crippen LogP contribution in [0.1, 0.15) is 31.9 Å². The van der Waals surface area contributed by atoms with Gasteiger partial charge >= 0.3 is 12.1 Å². The minimum absolute atomic E-state index is 0.372. The molecular weight excluding hydrogens is 282 g/mol. The molecule has 5 nitrogen and oxygen atoms in total. The van der Waals surface area contributed by atoms with E-state index < -0.39 is 11.6 Å². The number of rotatable bonds is 4. The van der Waals surface area contributed by atoms with E-state index in [9.17, 15) is 9.59 Å². The van der Waals surface area contributed by atoms with Crippen LogP contribution in [0.4, 0.5) is 4.79 Å². The molecule has 0 atom stereocenters. The first kappa shape index (κ1) is 17.8. The number of benzene rings is 1. The summed E-state index contributed by atoms with van der Waals surface area (Å²) in [5.74, 6) is -0.406. The van der Waals surface area contributed by atoms with E-state index in [2.05, 4.69) is 4.74 Å². The molecule has 0 fully saturated rings. The number of amides is 1. The van der Waals surface area contributed by atoms with Crippen LogP contribution in [0.2, 0.25) is 0 Å². The summed E-state index contributed by atoms with van der Waals surface area (Å²) in [5.41, 5.74) is 1.29. The molecule has 0 radical (unpaired) electrons. The lowest BCUT2D eigenvalue weighted by molar-refractivity contribution is -0.134. The number of carbonyl (C=O) groups is 2. The molecule has 1 amide bonds. The van der Waals surface area contributed by atoms with Crippen molar-refractivity contribution in [1.29, 1.82) is 0 Å². The highest BCUT2D eigenvalue weighted by Gasteiger charge is 2.19. The van der Waals surface area contributed by atoms with E-state index in [-0.39, 0.29) is 6.09 Å². The third kappa shape index (κ3) is 6.43. The first-order chi connectivity index (χ1) is 10.2. The van der Waals surface area contributed by atoms with Gasteiger partial charge in [0.2, 0.25) is 0 Å². The van der Waals surface area contributed by atoms with Gasteiger partial charge in [-0.15, -0.1) is 0 Å². The normalized spacial score (nSPS) is 11.3. The minimum Gasteiger partial charge on any atom is -0.466 e. The molecule has 0 aliphatic heterocycles. The molecule has 0 saturated carbocycles. The van der Waals surface area contributed by atoms with Crippen LogP contribution in [-0.2, 0) is 20.8 Å². The third-order valence-corrected chi connectivity index (χ3v) is 2.69. The fourth-order valence-corrected chi connectivity index (χ4v) is 1.71. The first-order valence-corrected chi connectivity index (χ1v) is 7.00. The largest absolute Gasteiger partial charge is 0.466 e. The SMILES string of the molecule is COC(=O)/C=C/c1cccc(CN(C)C(=O)OC(C)(C)C)c1. The van der Waals surface area contributed by atoms with Crippen molar-refractivity contribution in [3.8, 4) is 0 Å². The van der Waals surface area contributed by atoms with Crippen molar-refractivity contribution >= 4 is 18.1 Å². The molecule has 1 rings (SSSR count). The number of carbonyl (C=O) groups excluding carboxylic acids is 2. The summed E-state index contributed by atoms with van der Waals surface area (Å²) in [4.78, 5) is 24.5. The number of hydrogen-bond donors (Lipinski definition) is 0. The van der Waals surface area contributed by atoms with E-state index in [1.807, 2.05) is 45.0 Å². The Labute approximate surface area is 131 Å². The van der Waals surface area contributed by atoms with Crippen LogP contribution in [0.3, 0.4) is 0 Å². The lowest BCUT2D eigenvalue weighted by atomic mass is 10.1. The molecule has 120 valence electrons. The summed E-state index contributed by atoms with van der Waals surface area (Å²) >= 11 is 0. The third-order valence-electron chi connectivity index (χ3n) is 2.69. The molecule has 0 bridgehead atoms. The van der Waals surface area contributed by atoms with Gasteiger partial charge in [0, 0.05) is 19.7 Å². The summed E-state index contributed by atoms with van der Waals surface area (Å²) in [6.45, 7) is 5.92. The Morgan fingerprint density at radius 1 is 1.27 bits per heavy atom. The zero-order chi connectivity index (χ0) is 16.8. The molecule has 0 aliphatic rings. The predicted octanol–water partition coefficient (Wildman–Crippen LogP) is 3.24. The molecule has 0 spiro atoms. The maximum absolute atomic E-state index is 11.9. The molecule has 0 aromatic heterocycles. The summed E-state index contributed by atoms with van der Waals surface area (Å²) in [6, 6.07) is 7.56. The van der Waals surface area contributed by atoms with Crippen LogP contribution >= 0.6 is 0 Å². The quantitative estimate of drug-likeness (QED) is 0.633. The van der Waals surface area contributed by atoms with Gasteiger partial charge in [-0.1, -0.05) is 18.2 Å². The molecule has 0 heterocycles. The molecule has 22 heavy (non-hydrogen) atoms. The van der Waals surface area contributed by atoms with Crippen LogP contribution in [0.5, 0.6) is 0 Å². The highest BCUT2D eigenvalue weighted by atomic mass is 16.6. The second kappa shape index (κ2) is 7.64. The standard InChI is InChI=1S/C17H23NO4/c1-17(2,3)22-16(20)18(4)12-14-8-6-7-13(11-14)9-10-15(19)21-5/h6-11H,12H2,1-5H3/b10-9+. The number of hydrogen-bond acceptors (Lipinski definition) is 4. The maximum Gasteiger partial charge on any atom is 0.410 e. The molecule has 1 aromatic carbocycles. The summed E-state index contributed by atoms with van der Waals surface area (Å²) in [7, 11) is 3.02. The van der Waals surface area contributed by atoms with E-state index in [0.717, 1.165) is 11.1 Å². The second-order valence-corrected chi connectivity index (χ2v) is 5.94. The number of methoxy groups -OCH3 is 1. The fraction of sp³-hybridized carbons (Fsp3) is 0.412. The van der Waals surface area contributed by atoms with Crippen LogP contribution in [0, 0.1) is 0 Å². The lowest BCUT2D eigenvalue weighted by Crippen LogP contribution is -2.33. The molecular formula is C17H23NO4. The van der Waals surface area contributed by atoms with Gasteiger partial charge in [-0.25, -0.2) is 9.59 Å². The number of ether oxygens (including phenoxy) is 2. The summed E-state index contributed by atoms with van der Waals surface area (Å²) < 4.78 is 9.86. The Balaban J connectivity index is 2.72. The number of nitrogens with zero attached hydrogens (tertiary/aromatic N) is 1. The molecule has 0 unspecified atom stereocenters. The summed E-state index contributed by atoms with van der Waals surface area (Å²) in [5, 5.41) is 0. The zero-order valence-corrected chi connectivity index (χ0v) is 13.8. The highest BCUT2D eigenvalue weighted by molar-refractivity contribution is 5.86. The Morgan fingerprint density at radius 2 is 1.95 bits per heavy atom. The van der Waals surface area contributed by atoms with Crippen molar-refractivity contribution in [3.63, 3.8) is 0 Å². The average molecular weight is 305 g/mol. The van der Waals surface area contributed by atoms with Crippen molar-refractivity contribution in [2.45, 2.75) is 32.9 Å². The van der Waals surface area contributed by atoms with Crippen molar-refractivity contribution in [1.82, 2.24) is 4.90 Å².